The van der Waals surface area contributed by atoms with Crippen molar-refractivity contribution < 1.29 is 4.79 Å². The fraction of sp³-hybridized carbons (Fsp3) is 0.250. The average molecular weight is 321 g/mol. The Labute approximate surface area is 133 Å². The minimum Gasteiger partial charge on any atom is -0.331 e. The summed E-state index contributed by atoms with van der Waals surface area (Å²) in [6.07, 6.45) is 3.67. The van der Waals surface area contributed by atoms with Crippen molar-refractivity contribution >= 4 is 29.1 Å². The number of hydrogen-bond donors (Lipinski definition) is 0. The van der Waals surface area contributed by atoms with Crippen molar-refractivity contribution in [1.29, 1.82) is 0 Å². The SMILES string of the molecule is O=C(c1ccnc(Cl)c1)N(Cc1ccc(Cl)cc1)C1CC1. The van der Waals surface area contributed by atoms with Gasteiger partial charge in [0.2, 0.25) is 0 Å². The Hall–Kier alpha value is -1.58. The number of benzene rings is 1. The largest absolute Gasteiger partial charge is 0.331 e. The summed E-state index contributed by atoms with van der Waals surface area (Å²) in [5, 5.41) is 1.03. The van der Waals surface area contributed by atoms with Crippen LogP contribution in [0.15, 0.2) is 42.6 Å². The zero-order valence-corrected chi connectivity index (χ0v) is 12.8. The standard InChI is InChI=1S/C16H14Cl2N2O/c17-13-3-1-11(2-4-13)10-20(14-5-6-14)16(21)12-7-8-19-15(18)9-12/h1-4,7-9,14H,5-6,10H2. The van der Waals surface area contributed by atoms with Crippen LogP contribution >= 0.6 is 23.2 Å². The van der Waals surface area contributed by atoms with E-state index in [1.807, 2.05) is 29.2 Å². The van der Waals surface area contributed by atoms with E-state index in [4.69, 9.17) is 23.2 Å². The van der Waals surface area contributed by atoms with Crippen LogP contribution in [-0.2, 0) is 6.54 Å². The summed E-state index contributed by atoms with van der Waals surface area (Å²) >= 11 is 11.8. The number of nitrogens with zero attached hydrogens (tertiary/aromatic N) is 2. The first kappa shape index (κ1) is 14.4. The van der Waals surface area contributed by atoms with Crippen LogP contribution < -0.4 is 0 Å². The number of carbonyl (C=O) groups excluding carboxylic acids is 1. The molecule has 5 heteroatoms. The second kappa shape index (κ2) is 6.04. The second-order valence-corrected chi connectivity index (χ2v) is 5.98. The maximum Gasteiger partial charge on any atom is 0.254 e. The van der Waals surface area contributed by atoms with Crippen LogP contribution in [0.25, 0.3) is 0 Å². The van der Waals surface area contributed by atoms with Crippen molar-refractivity contribution in [3.8, 4) is 0 Å². The van der Waals surface area contributed by atoms with Crippen LogP contribution in [-0.4, -0.2) is 21.8 Å². The highest BCUT2D eigenvalue weighted by atomic mass is 35.5. The van der Waals surface area contributed by atoms with E-state index < -0.39 is 0 Å². The van der Waals surface area contributed by atoms with Gasteiger partial charge in [-0.25, -0.2) is 4.98 Å². The van der Waals surface area contributed by atoms with E-state index in [9.17, 15) is 4.79 Å². The van der Waals surface area contributed by atoms with E-state index in [1.54, 1.807) is 18.3 Å². The van der Waals surface area contributed by atoms with Gasteiger partial charge in [-0.2, -0.15) is 0 Å². The molecule has 1 fully saturated rings. The molecule has 1 aliphatic rings. The molecular weight excluding hydrogens is 307 g/mol. The molecule has 1 amide bonds. The molecule has 0 bridgehead atoms. The fourth-order valence-electron chi connectivity index (χ4n) is 2.24. The van der Waals surface area contributed by atoms with E-state index >= 15 is 0 Å². The van der Waals surface area contributed by atoms with E-state index in [-0.39, 0.29) is 5.91 Å². The maximum absolute atomic E-state index is 12.7. The Morgan fingerprint density at radius 1 is 1.19 bits per heavy atom. The second-order valence-electron chi connectivity index (χ2n) is 5.16. The average Bonchev–Trinajstić information content (AvgIpc) is 3.30. The van der Waals surface area contributed by atoms with Crippen LogP contribution in [0.4, 0.5) is 0 Å². The molecule has 1 heterocycles. The summed E-state index contributed by atoms with van der Waals surface area (Å²) in [7, 11) is 0. The molecule has 3 nitrogen and oxygen atoms in total. The summed E-state index contributed by atoms with van der Waals surface area (Å²) < 4.78 is 0. The highest BCUT2D eigenvalue weighted by Crippen LogP contribution is 2.30. The van der Waals surface area contributed by atoms with Crippen LogP contribution in [0, 0.1) is 0 Å². The Morgan fingerprint density at radius 2 is 1.90 bits per heavy atom. The van der Waals surface area contributed by atoms with Crippen molar-refractivity contribution in [1.82, 2.24) is 9.88 Å². The van der Waals surface area contributed by atoms with Gasteiger partial charge in [-0.1, -0.05) is 35.3 Å². The first-order valence-electron chi connectivity index (χ1n) is 6.80. The molecule has 0 atom stereocenters. The number of pyridine rings is 1. The van der Waals surface area contributed by atoms with E-state index in [1.165, 1.54) is 0 Å². The Kier molecular flexibility index (Phi) is 4.13. The Balaban J connectivity index is 1.81. The molecule has 1 aliphatic carbocycles. The molecule has 0 spiro atoms. The van der Waals surface area contributed by atoms with Crippen LogP contribution in [0.1, 0.15) is 28.8 Å². The number of hydrogen-bond acceptors (Lipinski definition) is 2. The molecular formula is C16H14Cl2N2O. The summed E-state index contributed by atoms with van der Waals surface area (Å²) in [6, 6.07) is 11.2. The lowest BCUT2D eigenvalue weighted by molar-refractivity contribution is 0.0730. The molecule has 21 heavy (non-hydrogen) atoms. The Bertz CT molecular complexity index is 654. The van der Waals surface area contributed by atoms with Gasteiger partial charge in [-0.05, 0) is 42.7 Å². The fourth-order valence-corrected chi connectivity index (χ4v) is 2.54. The third-order valence-electron chi connectivity index (χ3n) is 3.49. The van der Waals surface area contributed by atoms with Crippen LogP contribution in [0.5, 0.6) is 0 Å². The van der Waals surface area contributed by atoms with E-state index in [0.29, 0.717) is 28.3 Å². The van der Waals surface area contributed by atoms with Gasteiger partial charge in [0.1, 0.15) is 5.15 Å². The zero-order chi connectivity index (χ0) is 14.8. The highest BCUT2D eigenvalue weighted by Gasteiger charge is 2.33. The van der Waals surface area contributed by atoms with Gasteiger partial charge < -0.3 is 4.90 Å². The number of carbonyl (C=O) groups is 1. The lowest BCUT2D eigenvalue weighted by Gasteiger charge is -2.22. The number of aromatic nitrogens is 1. The predicted molar refractivity (Wildman–Crippen MR) is 83.6 cm³/mol. The van der Waals surface area contributed by atoms with Gasteiger partial charge in [-0.15, -0.1) is 0 Å². The maximum atomic E-state index is 12.7. The molecule has 0 N–H and O–H groups in total. The predicted octanol–water partition coefficient (Wildman–Crippen LogP) is 4.19. The lowest BCUT2D eigenvalue weighted by Crippen LogP contribution is -2.32. The summed E-state index contributed by atoms with van der Waals surface area (Å²) in [5.41, 5.74) is 1.65. The molecule has 0 saturated heterocycles. The van der Waals surface area contributed by atoms with Gasteiger partial charge >= 0.3 is 0 Å². The van der Waals surface area contributed by atoms with Crippen molar-refractivity contribution in [2.75, 3.05) is 0 Å². The molecule has 1 aromatic heterocycles. The van der Waals surface area contributed by atoms with Crippen LogP contribution in [0.2, 0.25) is 10.2 Å². The smallest absolute Gasteiger partial charge is 0.254 e. The van der Waals surface area contributed by atoms with E-state index in [0.717, 1.165) is 18.4 Å². The monoisotopic (exact) mass is 320 g/mol. The molecule has 0 radical (unpaired) electrons. The number of halogens is 2. The molecule has 2 aromatic rings. The third-order valence-corrected chi connectivity index (χ3v) is 3.95. The molecule has 0 aliphatic heterocycles. The molecule has 3 rings (SSSR count). The van der Waals surface area contributed by atoms with Crippen molar-refractivity contribution in [2.24, 2.45) is 0 Å². The van der Waals surface area contributed by atoms with Crippen LogP contribution in [0.3, 0.4) is 0 Å². The van der Waals surface area contributed by atoms with Crippen molar-refractivity contribution in [2.45, 2.75) is 25.4 Å². The normalized spacial score (nSPS) is 14.0. The van der Waals surface area contributed by atoms with Gasteiger partial charge in [0.15, 0.2) is 0 Å². The quantitative estimate of drug-likeness (QED) is 0.791. The van der Waals surface area contributed by atoms with Gasteiger partial charge in [-0.3, -0.25) is 4.79 Å². The number of rotatable bonds is 4. The Morgan fingerprint density at radius 3 is 2.52 bits per heavy atom. The summed E-state index contributed by atoms with van der Waals surface area (Å²) in [6.45, 7) is 0.584. The van der Waals surface area contributed by atoms with Crippen molar-refractivity contribution in [3.63, 3.8) is 0 Å². The zero-order valence-electron chi connectivity index (χ0n) is 11.3. The molecule has 0 unspecified atom stereocenters. The topological polar surface area (TPSA) is 33.2 Å². The number of amides is 1. The molecule has 1 aromatic carbocycles. The lowest BCUT2D eigenvalue weighted by atomic mass is 10.1. The first-order chi connectivity index (χ1) is 10.1. The minimum absolute atomic E-state index is 0.00301. The first-order valence-corrected chi connectivity index (χ1v) is 7.56. The highest BCUT2D eigenvalue weighted by molar-refractivity contribution is 6.30. The third kappa shape index (κ3) is 3.55. The van der Waals surface area contributed by atoms with E-state index in [2.05, 4.69) is 4.98 Å². The van der Waals surface area contributed by atoms with Gasteiger partial charge in [0.25, 0.3) is 5.91 Å². The van der Waals surface area contributed by atoms with Crippen molar-refractivity contribution in [3.05, 3.63) is 63.9 Å². The molecule has 1 saturated carbocycles. The summed E-state index contributed by atoms with van der Waals surface area (Å²) in [5.74, 6) is -0.00301. The molecule has 108 valence electrons. The summed E-state index contributed by atoms with van der Waals surface area (Å²) in [4.78, 5) is 18.5. The van der Waals surface area contributed by atoms with Gasteiger partial charge in [0.05, 0.1) is 0 Å². The van der Waals surface area contributed by atoms with Gasteiger partial charge in [0, 0.05) is 29.4 Å². The minimum atomic E-state index is -0.00301.